The Kier molecular flexibility index (Phi) is 7.34. The number of rotatable bonds is 8. The van der Waals surface area contributed by atoms with Gasteiger partial charge >= 0.3 is 0 Å². The van der Waals surface area contributed by atoms with Crippen LogP contribution in [0, 0.1) is 0 Å². The SMILES string of the molecule is CO[C@@H]1O[C@@H](CO)[C@@H](O)[C@@H](OCc2ccccc2)[C@@H]1OCc1ccccc1. The van der Waals surface area contributed by atoms with Gasteiger partial charge < -0.3 is 29.2 Å². The Bertz CT molecular complexity index is 665. The number of hydrogen-bond acceptors (Lipinski definition) is 6. The van der Waals surface area contributed by atoms with Crippen LogP contribution in [-0.2, 0) is 32.2 Å². The second-order valence-electron chi connectivity index (χ2n) is 6.47. The number of aliphatic hydroxyl groups is 2. The monoisotopic (exact) mass is 374 g/mol. The molecular weight excluding hydrogens is 348 g/mol. The molecular formula is C21H26O6. The van der Waals surface area contributed by atoms with Crippen LogP contribution in [0.4, 0.5) is 0 Å². The van der Waals surface area contributed by atoms with Gasteiger partial charge in [-0.3, -0.25) is 0 Å². The van der Waals surface area contributed by atoms with Gasteiger partial charge in [-0.1, -0.05) is 60.7 Å². The number of ether oxygens (including phenoxy) is 4. The average Bonchev–Trinajstić information content (AvgIpc) is 2.73. The van der Waals surface area contributed by atoms with Crippen LogP contribution in [0.1, 0.15) is 11.1 Å². The van der Waals surface area contributed by atoms with Gasteiger partial charge in [-0.25, -0.2) is 0 Å². The molecule has 0 saturated carbocycles. The van der Waals surface area contributed by atoms with Crippen LogP contribution in [0.25, 0.3) is 0 Å². The van der Waals surface area contributed by atoms with E-state index in [9.17, 15) is 10.2 Å². The average molecular weight is 374 g/mol. The van der Waals surface area contributed by atoms with Crippen LogP contribution in [0.3, 0.4) is 0 Å². The molecule has 1 aliphatic rings. The zero-order valence-electron chi connectivity index (χ0n) is 15.3. The molecule has 2 aromatic rings. The van der Waals surface area contributed by atoms with Crippen molar-refractivity contribution < 1.29 is 29.2 Å². The maximum atomic E-state index is 10.6. The van der Waals surface area contributed by atoms with Gasteiger partial charge in [-0.2, -0.15) is 0 Å². The summed E-state index contributed by atoms with van der Waals surface area (Å²) in [5.74, 6) is 0. The van der Waals surface area contributed by atoms with E-state index in [0.717, 1.165) is 11.1 Å². The zero-order chi connectivity index (χ0) is 19.1. The molecule has 1 aliphatic heterocycles. The lowest BCUT2D eigenvalue weighted by molar-refractivity contribution is -0.314. The first-order chi connectivity index (χ1) is 13.2. The summed E-state index contributed by atoms with van der Waals surface area (Å²) in [6.45, 7) is 0.302. The van der Waals surface area contributed by atoms with E-state index in [0.29, 0.717) is 13.2 Å². The summed E-state index contributed by atoms with van der Waals surface area (Å²) in [7, 11) is 1.50. The summed E-state index contributed by atoms with van der Waals surface area (Å²) >= 11 is 0. The van der Waals surface area contributed by atoms with Crippen molar-refractivity contribution >= 4 is 0 Å². The molecule has 6 nitrogen and oxygen atoms in total. The minimum atomic E-state index is -1.04. The Balaban J connectivity index is 1.73. The summed E-state index contributed by atoms with van der Waals surface area (Å²) in [6.07, 6.45) is -3.94. The summed E-state index contributed by atoms with van der Waals surface area (Å²) in [5, 5.41) is 20.2. The van der Waals surface area contributed by atoms with Gasteiger partial charge in [0.25, 0.3) is 0 Å². The van der Waals surface area contributed by atoms with Crippen molar-refractivity contribution in [1.82, 2.24) is 0 Å². The molecule has 0 radical (unpaired) electrons. The minimum Gasteiger partial charge on any atom is -0.394 e. The van der Waals surface area contributed by atoms with Crippen molar-refractivity contribution in [2.24, 2.45) is 0 Å². The number of methoxy groups -OCH3 is 1. The quantitative estimate of drug-likeness (QED) is 0.735. The minimum absolute atomic E-state index is 0.308. The second-order valence-corrected chi connectivity index (χ2v) is 6.47. The van der Waals surface area contributed by atoms with E-state index in [1.165, 1.54) is 7.11 Å². The lowest BCUT2D eigenvalue weighted by atomic mass is 9.98. The van der Waals surface area contributed by atoms with E-state index in [1.807, 2.05) is 60.7 Å². The van der Waals surface area contributed by atoms with E-state index in [1.54, 1.807) is 0 Å². The molecule has 1 heterocycles. The molecule has 3 rings (SSSR count). The Labute approximate surface area is 159 Å². The number of hydrogen-bond donors (Lipinski definition) is 2. The molecule has 27 heavy (non-hydrogen) atoms. The smallest absolute Gasteiger partial charge is 0.186 e. The topological polar surface area (TPSA) is 77.4 Å². The van der Waals surface area contributed by atoms with Gasteiger partial charge in [-0.05, 0) is 11.1 Å². The van der Waals surface area contributed by atoms with Crippen molar-refractivity contribution in [3.63, 3.8) is 0 Å². The Morgan fingerprint density at radius 1 is 0.852 bits per heavy atom. The predicted molar refractivity (Wildman–Crippen MR) is 98.8 cm³/mol. The van der Waals surface area contributed by atoms with Crippen molar-refractivity contribution in [3.8, 4) is 0 Å². The molecule has 0 amide bonds. The summed E-state index contributed by atoms with van der Waals surface area (Å²) in [6, 6.07) is 19.4. The van der Waals surface area contributed by atoms with Gasteiger partial charge in [0.1, 0.15) is 24.4 Å². The molecule has 0 aliphatic carbocycles. The molecule has 5 atom stereocenters. The second kappa shape index (κ2) is 9.94. The maximum Gasteiger partial charge on any atom is 0.186 e. The third kappa shape index (κ3) is 5.13. The van der Waals surface area contributed by atoms with Crippen molar-refractivity contribution in [2.45, 2.75) is 43.9 Å². The molecule has 1 saturated heterocycles. The summed E-state index contributed by atoms with van der Waals surface area (Å²) in [4.78, 5) is 0. The van der Waals surface area contributed by atoms with Gasteiger partial charge in [-0.15, -0.1) is 0 Å². The number of benzene rings is 2. The molecule has 2 N–H and O–H groups in total. The highest BCUT2D eigenvalue weighted by Gasteiger charge is 2.46. The molecule has 2 aromatic carbocycles. The van der Waals surface area contributed by atoms with E-state index < -0.39 is 30.7 Å². The number of aliphatic hydroxyl groups excluding tert-OH is 2. The first-order valence-electron chi connectivity index (χ1n) is 9.01. The lowest BCUT2D eigenvalue weighted by Crippen LogP contribution is -2.60. The van der Waals surface area contributed by atoms with Crippen molar-refractivity contribution in [3.05, 3.63) is 71.8 Å². The lowest BCUT2D eigenvalue weighted by Gasteiger charge is -2.43. The molecule has 0 spiro atoms. The molecule has 0 aromatic heterocycles. The zero-order valence-corrected chi connectivity index (χ0v) is 15.3. The summed E-state index contributed by atoms with van der Waals surface area (Å²) in [5.41, 5.74) is 1.97. The predicted octanol–water partition coefficient (Wildman–Crippen LogP) is 1.88. The van der Waals surface area contributed by atoms with Gasteiger partial charge in [0.15, 0.2) is 6.29 Å². The van der Waals surface area contributed by atoms with Gasteiger partial charge in [0.05, 0.1) is 19.8 Å². The third-order valence-corrected chi connectivity index (χ3v) is 4.60. The highest BCUT2D eigenvalue weighted by molar-refractivity contribution is 5.14. The Hall–Kier alpha value is -1.80. The van der Waals surface area contributed by atoms with Crippen molar-refractivity contribution in [1.29, 1.82) is 0 Å². The fourth-order valence-corrected chi connectivity index (χ4v) is 3.13. The largest absolute Gasteiger partial charge is 0.394 e. The van der Waals surface area contributed by atoms with Crippen LogP contribution >= 0.6 is 0 Å². The Morgan fingerprint density at radius 2 is 1.37 bits per heavy atom. The maximum absolute atomic E-state index is 10.6. The van der Waals surface area contributed by atoms with E-state index in [4.69, 9.17) is 18.9 Å². The first-order valence-corrected chi connectivity index (χ1v) is 9.01. The van der Waals surface area contributed by atoms with Crippen LogP contribution in [0.2, 0.25) is 0 Å². The summed E-state index contributed by atoms with van der Waals surface area (Å²) < 4.78 is 23.1. The van der Waals surface area contributed by atoms with Crippen LogP contribution in [0.5, 0.6) is 0 Å². The van der Waals surface area contributed by atoms with E-state index >= 15 is 0 Å². The third-order valence-electron chi connectivity index (χ3n) is 4.60. The normalized spacial score (nSPS) is 28.2. The molecule has 6 heteroatoms. The Morgan fingerprint density at radius 3 is 1.85 bits per heavy atom. The van der Waals surface area contributed by atoms with Crippen LogP contribution < -0.4 is 0 Å². The first kappa shape index (κ1) is 19.9. The van der Waals surface area contributed by atoms with Gasteiger partial charge in [0.2, 0.25) is 0 Å². The van der Waals surface area contributed by atoms with Crippen molar-refractivity contribution in [2.75, 3.05) is 13.7 Å². The molecule has 0 bridgehead atoms. The standard InChI is InChI=1S/C21H26O6/c1-24-21-20(26-14-16-10-6-3-7-11-16)19(18(23)17(12-22)27-21)25-13-15-8-4-2-5-9-15/h2-11,17-23H,12-14H2,1H3/t17-,18+,19+,20-,21+/m0/s1. The fraction of sp³-hybridized carbons (Fsp3) is 0.429. The molecule has 0 unspecified atom stereocenters. The van der Waals surface area contributed by atoms with E-state index in [-0.39, 0.29) is 6.61 Å². The molecule has 1 fully saturated rings. The van der Waals surface area contributed by atoms with Crippen LogP contribution in [0.15, 0.2) is 60.7 Å². The fourth-order valence-electron chi connectivity index (χ4n) is 3.13. The highest BCUT2D eigenvalue weighted by Crippen LogP contribution is 2.28. The molecule has 146 valence electrons. The van der Waals surface area contributed by atoms with E-state index in [2.05, 4.69) is 0 Å². The highest BCUT2D eigenvalue weighted by atomic mass is 16.7. The van der Waals surface area contributed by atoms with Crippen LogP contribution in [-0.4, -0.2) is 54.6 Å². The van der Waals surface area contributed by atoms with Gasteiger partial charge in [0, 0.05) is 7.11 Å².